The number of ether oxygens (including phenoxy) is 1. The largest absolute Gasteiger partial charge is 0.481 e. The van der Waals surface area contributed by atoms with Crippen LogP contribution in [-0.2, 0) is 0 Å². The van der Waals surface area contributed by atoms with Gasteiger partial charge in [0, 0.05) is 41.8 Å². The number of methoxy groups -OCH3 is 1. The zero-order valence-electron chi connectivity index (χ0n) is 14.5. The zero-order chi connectivity index (χ0) is 17.8. The van der Waals surface area contributed by atoms with Gasteiger partial charge in [-0.15, -0.1) is 0 Å². The van der Waals surface area contributed by atoms with E-state index in [-0.39, 0.29) is 5.92 Å². The second-order valence-electron chi connectivity index (χ2n) is 6.06. The lowest BCUT2D eigenvalue weighted by Crippen LogP contribution is -2.15. The molecule has 0 aliphatic carbocycles. The third kappa shape index (κ3) is 3.24. The Bertz CT molecular complexity index is 997. The van der Waals surface area contributed by atoms with E-state index in [1.54, 1.807) is 19.4 Å². The lowest BCUT2D eigenvalue weighted by molar-refractivity contribution is 0.397. The second kappa shape index (κ2) is 7.27. The van der Waals surface area contributed by atoms with Gasteiger partial charge in [0.2, 0.25) is 11.8 Å². The molecule has 26 heavy (non-hydrogen) atoms. The Labute approximate surface area is 152 Å². The monoisotopic (exact) mass is 344 g/mol. The third-order valence-electron chi connectivity index (χ3n) is 4.50. The summed E-state index contributed by atoms with van der Waals surface area (Å²) in [6.45, 7) is 0.680. The number of aromatic amines is 1. The minimum absolute atomic E-state index is 0.169. The molecule has 0 amide bonds. The highest BCUT2D eigenvalue weighted by Gasteiger charge is 2.18. The summed E-state index contributed by atoms with van der Waals surface area (Å²) in [5.41, 5.74) is 3.64. The van der Waals surface area contributed by atoms with Crippen LogP contribution in [0.5, 0.6) is 5.88 Å². The Kier molecular flexibility index (Phi) is 4.51. The van der Waals surface area contributed by atoms with Crippen molar-refractivity contribution in [1.82, 2.24) is 15.0 Å². The number of para-hydroxylation sites is 1. The van der Waals surface area contributed by atoms with Crippen LogP contribution in [0.1, 0.15) is 17.0 Å². The first-order valence-electron chi connectivity index (χ1n) is 8.57. The molecule has 0 spiro atoms. The fourth-order valence-corrected chi connectivity index (χ4v) is 3.21. The highest BCUT2D eigenvalue weighted by Crippen LogP contribution is 2.31. The van der Waals surface area contributed by atoms with Crippen molar-refractivity contribution in [3.8, 4) is 5.88 Å². The average Bonchev–Trinajstić information content (AvgIpc) is 3.13. The number of fused-ring (bicyclic) bond motifs is 1. The molecule has 0 radical (unpaired) electrons. The first-order chi connectivity index (χ1) is 12.8. The van der Waals surface area contributed by atoms with Crippen molar-refractivity contribution < 1.29 is 4.74 Å². The molecular formula is C21H20N4O. The van der Waals surface area contributed by atoms with Gasteiger partial charge in [0.15, 0.2) is 0 Å². The average molecular weight is 344 g/mol. The molecule has 2 aromatic carbocycles. The van der Waals surface area contributed by atoms with Gasteiger partial charge in [0.25, 0.3) is 0 Å². The van der Waals surface area contributed by atoms with Gasteiger partial charge in [-0.3, -0.25) is 0 Å². The van der Waals surface area contributed by atoms with E-state index in [4.69, 9.17) is 4.74 Å². The molecule has 5 nitrogen and oxygen atoms in total. The summed E-state index contributed by atoms with van der Waals surface area (Å²) in [4.78, 5) is 12.0. The van der Waals surface area contributed by atoms with E-state index in [2.05, 4.69) is 68.9 Å². The SMILES string of the molecule is COc1ccnc(NC[C@H](c2ccccc2)c2c[nH]c3ccccc23)n1. The molecule has 4 aromatic rings. The molecule has 4 rings (SSSR count). The number of aromatic nitrogens is 3. The van der Waals surface area contributed by atoms with Gasteiger partial charge < -0.3 is 15.0 Å². The minimum atomic E-state index is 0.169. The maximum Gasteiger partial charge on any atom is 0.225 e. The first-order valence-corrected chi connectivity index (χ1v) is 8.57. The van der Waals surface area contributed by atoms with Crippen LogP contribution < -0.4 is 10.1 Å². The number of hydrogen-bond donors (Lipinski definition) is 2. The zero-order valence-corrected chi connectivity index (χ0v) is 14.5. The predicted molar refractivity (Wildman–Crippen MR) is 104 cm³/mol. The Balaban J connectivity index is 1.67. The number of nitrogens with zero attached hydrogens (tertiary/aromatic N) is 2. The maximum atomic E-state index is 5.18. The van der Waals surface area contributed by atoms with Crippen molar-refractivity contribution in [3.05, 3.63) is 84.2 Å². The minimum Gasteiger partial charge on any atom is -0.481 e. The molecule has 0 fully saturated rings. The topological polar surface area (TPSA) is 62.8 Å². The van der Waals surface area contributed by atoms with Gasteiger partial charge in [-0.25, -0.2) is 4.98 Å². The highest BCUT2D eigenvalue weighted by atomic mass is 16.5. The number of rotatable bonds is 6. The third-order valence-corrected chi connectivity index (χ3v) is 4.50. The van der Waals surface area contributed by atoms with Crippen LogP contribution in [0.3, 0.4) is 0 Å². The molecule has 0 unspecified atom stereocenters. The molecule has 2 aromatic heterocycles. The highest BCUT2D eigenvalue weighted by molar-refractivity contribution is 5.84. The van der Waals surface area contributed by atoms with E-state index in [0.717, 1.165) is 5.52 Å². The standard InChI is InChI=1S/C21H20N4O/c1-26-20-11-12-22-21(25-20)24-13-17(15-7-3-2-4-8-15)18-14-23-19-10-6-5-9-16(18)19/h2-12,14,17,23H,13H2,1H3,(H,22,24,25)/t17-/m1/s1. The van der Waals surface area contributed by atoms with Gasteiger partial charge in [0.05, 0.1) is 7.11 Å². The molecule has 2 heterocycles. The normalized spacial score (nSPS) is 12.0. The van der Waals surface area contributed by atoms with Crippen molar-refractivity contribution in [1.29, 1.82) is 0 Å². The van der Waals surface area contributed by atoms with E-state index in [0.29, 0.717) is 18.4 Å². The van der Waals surface area contributed by atoms with Crippen LogP contribution in [0.25, 0.3) is 10.9 Å². The van der Waals surface area contributed by atoms with Crippen LogP contribution in [0.15, 0.2) is 73.1 Å². The van der Waals surface area contributed by atoms with Gasteiger partial charge in [-0.05, 0) is 17.2 Å². The summed E-state index contributed by atoms with van der Waals surface area (Å²) in [5, 5.41) is 4.59. The number of H-pyrrole nitrogens is 1. The van der Waals surface area contributed by atoms with Crippen LogP contribution in [0.2, 0.25) is 0 Å². The van der Waals surface area contributed by atoms with Crippen molar-refractivity contribution in [3.63, 3.8) is 0 Å². The lowest BCUT2D eigenvalue weighted by atomic mass is 9.91. The summed E-state index contributed by atoms with van der Waals surface area (Å²) >= 11 is 0. The van der Waals surface area contributed by atoms with E-state index >= 15 is 0 Å². The summed E-state index contributed by atoms with van der Waals surface area (Å²) in [5.74, 6) is 1.28. The molecule has 0 aliphatic heterocycles. The molecular weight excluding hydrogens is 324 g/mol. The van der Waals surface area contributed by atoms with Crippen molar-refractivity contribution in [2.24, 2.45) is 0 Å². The number of nitrogens with one attached hydrogen (secondary N) is 2. The van der Waals surface area contributed by atoms with Crippen LogP contribution in [0.4, 0.5) is 5.95 Å². The lowest BCUT2D eigenvalue weighted by Gasteiger charge is -2.18. The Morgan fingerprint density at radius 2 is 1.85 bits per heavy atom. The van der Waals surface area contributed by atoms with Gasteiger partial charge in [-0.2, -0.15) is 4.98 Å². The van der Waals surface area contributed by atoms with Gasteiger partial charge >= 0.3 is 0 Å². The van der Waals surface area contributed by atoms with Crippen LogP contribution in [-0.4, -0.2) is 28.6 Å². The number of anilines is 1. The van der Waals surface area contributed by atoms with Crippen molar-refractivity contribution in [2.45, 2.75) is 5.92 Å². The quantitative estimate of drug-likeness (QED) is 0.550. The van der Waals surface area contributed by atoms with Crippen molar-refractivity contribution >= 4 is 16.9 Å². The van der Waals surface area contributed by atoms with E-state index in [1.807, 2.05) is 12.1 Å². The molecule has 1 atom stereocenters. The van der Waals surface area contributed by atoms with E-state index < -0.39 is 0 Å². The van der Waals surface area contributed by atoms with Gasteiger partial charge in [-0.1, -0.05) is 48.5 Å². The van der Waals surface area contributed by atoms with E-state index in [1.165, 1.54) is 16.5 Å². The second-order valence-corrected chi connectivity index (χ2v) is 6.06. The number of hydrogen-bond acceptors (Lipinski definition) is 4. The fourth-order valence-electron chi connectivity index (χ4n) is 3.21. The molecule has 0 aliphatic rings. The Morgan fingerprint density at radius 1 is 1.04 bits per heavy atom. The number of benzene rings is 2. The molecule has 0 bridgehead atoms. The summed E-state index contributed by atoms with van der Waals surface area (Å²) in [7, 11) is 1.60. The Morgan fingerprint density at radius 3 is 2.69 bits per heavy atom. The summed E-state index contributed by atoms with van der Waals surface area (Å²) < 4.78 is 5.18. The molecule has 0 saturated carbocycles. The summed E-state index contributed by atoms with van der Waals surface area (Å²) in [6.07, 6.45) is 3.79. The van der Waals surface area contributed by atoms with E-state index in [9.17, 15) is 0 Å². The molecule has 0 saturated heterocycles. The first kappa shape index (κ1) is 16.1. The van der Waals surface area contributed by atoms with Crippen molar-refractivity contribution in [2.75, 3.05) is 19.0 Å². The summed E-state index contributed by atoms with van der Waals surface area (Å²) in [6, 6.07) is 20.6. The molecule has 2 N–H and O–H groups in total. The molecule has 130 valence electrons. The predicted octanol–water partition coefficient (Wildman–Crippen LogP) is 4.21. The van der Waals surface area contributed by atoms with Crippen LogP contribution in [0, 0.1) is 0 Å². The smallest absolute Gasteiger partial charge is 0.225 e. The van der Waals surface area contributed by atoms with Crippen LogP contribution >= 0.6 is 0 Å². The maximum absolute atomic E-state index is 5.18. The molecule has 5 heteroatoms. The van der Waals surface area contributed by atoms with Gasteiger partial charge in [0.1, 0.15) is 0 Å². The Hall–Kier alpha value is -3.34. The fraction of sp³-hybridized carbons (Fsp3) is 0.143.